The molecular formula is C18H35N5O4. The van der Waals surface area contributed by atoms with E-state index in [4.69, 9.17) is 9.47 Å². The van der Waals surface area contributed by atoms with Crippen LogP contribution in [-0.2, 0) is 9.47 Å². The molecule has 1 heterocycles. The van der Waals surface area contributed by atoms with Crippen LogP contribution in [0.1, 0.15) is 47.5 Å². The first-order chi connectivity index (χ1) is 12.7. The minimum absolute atomic E-state index is 0.243. The fourth-order valence-electron chi connectivity index (χ4n) is 2.57. The summed E-state index contributed by atoms with van der Waals surface area (Å²) >= 11 is 0. The van der Waals surface area contributed by atoms with E-state index in [1.807, 2.05) is 34.6 Å². The molecule has 2 amide bonds. The highest BCUT2D eigenvalue weighted by Gasteiger charge is 2.24. The van der Waals surface area contributed by atoms with Crippen LogP contribution in [0, 0.1) is 0 Å². The second-order valence-corrected chi connectivity index (χ2v) is 7.29. The normalized spacial score (nSPS) is 15.9. The number of carbonyl (C=O) groups is 2. The van der Waals surface area contributed by atoms with Crippen molar-refractivity contribution >= 4 is 18.1 Å². The number of ether oxygens (including phenoxy) is 2. The molecule has 0 aromatic heterocycles. The predicted octanol–water partition coefficient (Wildman–Crippen LogP) is 1.69. The summed E-state index contributed by atoms with van der Waals surface area (Å²) in [6.07, 6.45) is 0.977. The fraction of sp³-hybridized carbons (Fsp3) is 0.833. The standard InChI is InChI=1S/C18H35N5O4/c1-6-19-15(20-10-11-21-16(24)27-18(3,4)5)22-14-8-12-23(13-9-14)17(25)26-7-2/h14H,6-13H2,1-5H3,(H,21,24)(H2,19,20,22). The van der Waals surface area contributed by atoms with E-state index in [1.165, 1.54) is 0 Å². The Morgan fingerprint density at radius 2 is 1.81 bits per heavy atom. The number of nitrogens with one attached hydrogen (secondary N) is 3. The van der Waals surface area contributed by atoms with Crippen molar-refractivity contribution in [1.29, 1.82) is 0 Å². The molecule has 27 heavy (non-hydrogen) atoms. The Bertz CT molecular complexity index is 496. The van der Waals surface area contributed by atoms with Crippen molar-refractivity contribution in [2.75, 3.05) is 39.3 Å². The lowest BCUT2D eigenvalue weighted by molar-refractivity contribution is 0.0529. The van der Waals surface area contributed by atoms with Gasteiger partial charge in [0, 0.05) is 32.2 Å². The Balaban J connectivity index is 2.38. The molecule has 3 N–H and O–H groups in total. The van der Waals surface area contributed by atoms with Crippen LogP contribution in [0.3, 0.4) is 0 Å². The molecule has 9 nitrogen and oxygen atoms in total. The largest absolute Gasteiger partial charge is 0.450 e. The van der Waals surface area contributed by atoms with Crippen LogP contribution in [0.15, 0.2) is 4.99 Å². The average Bonchev–Trinajstić information content (AvgIpc) is 2.58. The summed E-state index contributed by atoms with van der Waals surface area (Å²) in [5.74, 6) is 0.707. The van der Waals surface area contributed by atoms with Gasteiger partial charge in [-0.25, -0.2) is 9.59 Å². The molecule has 1 saturated heterocycles. The van der Waals surface area contributed by atoms with E-state index in [0.717, 1.165) is 19.4 Å². The van der Waals surface area contributed by atoms with Crippen molar-refractivity contribution in [3.05, 3.63) is 0 Å². The van der Waals surface area contributed by atoms with E-state index in [2.05, 4.69) is 20.9 Å². The van der Waals surface area contributed by atoms with Crippen LogP contribution >= 0.6 is 0 Å². The molecule has 0 aliphatic carbocycles. The van der Waals surface area contributed by atoms with Crippen molar-refractivity contribution in [2.45, 2.75) is 59.1 Å². The molecule has 0 radical (unpaired) electrons. The number of amides is 2. The third kappa shape index (κ3) is 9.91. The van der Waals surface area contributed by atoms with Crippen LogP contribution < -0.4 is 16.0 Å². The summed E-state index contributed by atoms with van der Waals surface area (Å²) < 4.78 is 10.2. The predicted molar refractivity (Wildman–Crippen MR) is 105 cm³/mol. The lowest BCUT2D eigenvalue weighted by atomic mass is 10.1. The summed E-state index contributed by atoms with van der Waals surface area (Å²) in [6.45, 7) is 12.6. The van der Waals surface area contributed by atoms with Crippen molar-refractivity contribution in [2.24, 2.45) is 4.99 Å². The van der Waals surface area contributed by atoms with Gasteiger partial charge in [-0.15, -0.1) is 0 Å². The molecule has 0 atom stereocenters. The maximum absolute atomic E-state index is 11.7. The zero-order valence-corrected chi connectivity index (χ0v) is 17.3. The number of nitrogens with zero attached hydrogens (tertiary/aromatic N) is 2. The van der Waals surface area contributed by atoms with Crippen LogP contribution in [0.2, 0.25) is 0 Å². The molecule has 0 bridgehead atoms. The van der Waals surface area contributed by atoms with Gasteiger partial charge in [-0.3, -0.25) is 4.99 Å². The summed E-state index contributed by atoms with van der Waals surface area (Å²) in [5.41, 5.74) is -0.512. The number of rotatable bonds is 6. The van der Waals surface area contributed by atoms with Gasteiger partial charge >= 0.3 is 12.2 Å². The van der Waals surface area contributed by atoms with E-state index in [9.17, 15) is 9.59 Å². The molecule has 0 aromatic rings. The van der Waals surface area contributed by atoms with Crippen molar-refractivity contribution in [3.63, 3.8) is 0 Å². The number of alkyl carbamates (subject to hydrolysis) is 1. The zero-order chi connectivity index (χ0) is 20.3. The van der Waals surface area contributed by atoms with E-state index in [-0.39, 0.29) is 12.1 Å². The van der Waals surface area contributed by atoms with Gasteiger partial charge in [0.05, 0.1) is 13.2 Å². The summed E-state index contributed by atoms with van der Waals surface area (Å²) in [6, 6.07) is 0.243. The third-order valence-corrected chi connectivity index (χ3v) is 3.76. The summed E-state index contributed by atoms with van der Waals surface area (Å²) in [5, 5.41) is 9.28. The molecule has 1 rings (SSSR count). The molecule has 156 valence electrons. The second kappa shape index (κ2) is 11.5. The Labute approximate surface area is 162 Å². The van der Waals surface area contributed by atoms with Crippen LogP contribution in [0.25, 0.3) is 0 Å². The van der Waals surface area contributed by atoms with Gasteiger partial charge < -0.3 is 30.3 Å². The van der Waals surface area contributed by atoms with Gasteiger partial charge in [0.1, 0.15) is 5.60 Å². The highest BCUT2D eigenvalue weighted by atomic mass is 16.6. The van der Waals surface area contributed by atoms with Gasteiger partial charge in [-0.1, -0.05) is 0 Å². The Morgan fingerprint density at radius 1 is 1.15 bits per heavy atom. The Hall–Kier alpha value is -2.19. The molecule has 0 aromatic carbocycles. The lowest BCUT2D eigenvalue weighted by Crippen LogP contribution is -2.50. The molecule has 9 heteroatoms. The SMILES string of the molecule is CCNC(=NCCNC(=O)OC(C)(C)C)NC1CCN(C(=O)OCC)CC1. The maximum atomic E-state index is 11.7. The topological polar surface area (TPSA) is 104 Å². The van der Waals surface area contributed by atoms with E-state index in [1.54, 1.807) is 4.90 Å². The molecular weight excluding hydrogens is 350 g/mol. The number of likely N-dealkylation sites (tertiary alicyclic amines) is 1. The molecule has 1 aliphatic heterocycles. The third-order valence-electron chi connectivity index (χ3n) is 3.76. The van der Waals surface area contributed by atoms with Gasteiger partial charge in [-0.2, -0.15) is 0 Å². The first-order valence-corrected chi connectivity index (χ1v) is 9.68. The first-order valence-electron chi connectivity index (χ1n) is 9.68. The monoisotopic (exact) mass is 385 g/mol. The van der Waals surface area contributed by atoms with Crippen LogP contribution in [-0.4, -0.2) is 74.0 Å². The first kappa shape index (κ1) is 22.9. The smallest absolute Gasteiger partial charge is 0.409 e. The molecule has 1 aliphatic rings. The molecule has 1 fully saturated rings. The lowest BCUT2D eigenvalue weighted by Gasteiger charge is -2.32. The number of guanidine groups is 1. The van der Waals surface area contributed by atoms with E-state index in [0.29, 0.717) is 38.7 Å². The van der Waals surface area contributed by atoms with Crippen molar-refractivity contribution in [3.8, 4) is 0 Å². The molecule has 0 unspecified atom stereocenters. The summed E-state index contributed by atoms with van der Waals surface area (Å²) in [4.78, 5) is 29.6. The van der Waals surface area contributed by atoms with Crippen molar-refractivity contribution < 1.29 is 19.1 Å². The molecule has 0 saturated carbocycles. The van der Waals surface area contributed by atoms with E-state index < -0.39 is 11.7 Å². The quantitative estimate of drug-likeness (QED) is 0.365. The Kier molecular flexibility index (Phi) is 9.74. The number of piperidine rings is 1. The minimum atomic E-state index is -0.512. The number of carbonyl (C=O) groups excluding carboxylic acids is 2. The van der Waals surface area contributed by atoms with Crippen LogP contribution in [0.4, 0.5) is 9.59 Å². The van der Waals surface area contributed by atoms with Crippen molar-refractivity contribution in [1.82, 2.24) is 20.9 Å². The fourth-order valence-corrected chi connectivity index (χ4v) is 2.57. The van der Waals surface area contributed by atoms with Crippen LogP contribution in [0.5, 0.6) is 0 Å². The highest BCUT2D eigenvalue weighted by Crippen LogP contribution is 2.11. The molecule has 0 spiro atoms. The zero-order valence-electron chi connectivity index (χ0n) is 17.3. The van der Waals surface area contributed by atoms with Gasteiger partial charge in [-0.05, 0) is 47.5 Å². The Morgan fingerprint density at radius 3 is 2.37 bits per heavy atom. The van der Waals surface area contributed by atoms with E-state index >= 15 is 0 Å². The average molecular weight is 386 g/mol. The summed E-state index contributed by atoms with van der Waals surface area (Å²) in [7, 11) is 0. The maximum Gasteiger partial charge on any atom is 0.409 e. The minimum Gasteiger partial charge on any atom is -0.450 e. The number of aliphatic imine (C=N–C) groups is 1. The number of hydrogen-bond acceptors (Lipinski definition) is 5. The van der Waals surface area contributed by atoms with Gasteiger partial charge in [0.2, 0.25) is 0 Å². The highest BCUT2D eigenvalue weighted by molar-refractivity contribution is 5.80. The second-order valence-electron chi connectivity index (χ2n) is 7.29. The van der Waals surface area contributed by atoms with Gasteiger partial charge in [0.25, 0.3) is 0 Å². The number of hydrogen-bond donors (Lipinski definition) is 3. The van der Waals surface area contributed by atoms with Gasteiger partial charge in [0.15, 0.2) is 5.96 Å².